The number of nitrogens with zero attached hydrogens (tertiary/aromatic N) is 2. The molecule has 6 heteroatoms. The first-order chi connectivity index (χ1) is 10.0. The molecule has 2 aromatic rings. The summed E-state index contributed by atoms with van der Waals surface area (Å²) in [6.07, 6.45) is -0.820. The monoisotopic (exact) mass is 292 g/mol. The fourth-order valence-electron chi connectivity index (χ4n) is 2.86. The summed E-state index contributed by atoms with van der Waals surface area (Å²) < 4.78 is 26.2. The third-order valence-electron chi connectivity index (χ3n) is 3.77. The second-order valence-electron chi connectivity index (χ2n) is 5.17. The van der Waals surface area contributed by atoms with E-state index < -0.39 is 6.10 Å². The Bertz CT molecular complexity index is 684. The number of aryl methyl sites for hydroxylation is 2. The summed E-state index contributed by atoms with van der Waals surface area (Å²) in [6.45, 7) is 1.87. The molecule has 1 aliphatic rings. The van der Waals surface area contributed by atoms with E-state index in [1.165, 1.54) is 18.2 Å². The minimum absolute atomic E-state index is 0.333. The minimum atomic E-state index is -0.779. The molecule has 1 N–H and O–H groups in total. The zero-order chi connectivity index (χ0) is 15.1. The average molecular weight is 292 g/mol. The van der Waals surface area contributed by atoms with E-state index >= 15 is 0 Å². The van der Waals surface area contributed by atoms with Crippen molar-refractivity contribution in [3.05, 3.63) is 40.8 Å². The van der Waals surface area contributed by atoms with Crippen molar-refractivity contribution in [3.8, 4) is 11.6 Å². The highest BCUT2D eigenvalue weighted by Crippen LogP contribution is 2.43. The van der Waals surface area contributed by atoms with Gasteiger partial charge in [0.15, 0.2) is 0 Å². The van der Waals surface area contributed by atoms with Gasteiger partial charge in [0.05, 0.1) is 24.5 Å². The Morgan fingerprint density at radius 3 is 2.95 bits per heavy atom. The molecule has 2 atom stereocenters. The molecule has 0 bridgehead atoms. The van der Waals surface area contributed by atoms with Crippen LogP contribution in [0.4, 0.5) is 4.39 Å². The van der Waals surface area contributed by atoms with Gasteiger partial charge < -0.3 is 14.6 Å². The largest absolute Gasteiger partial charge is 0.485 e. The summed E-state index contributed by atoms with van der Waals surface area (Å²) in [4.78, 5) is 0. The van der Waals surface area contributed by atoms with Crippen LogP contribution < -0.4 is 9.47 Å². The molecule has 1 aromatic carbocycles. The minimum Gasteiger partial charge on any atom is -0.485 e. The third-order valence-corrected chi connectivity index (χ3v) is 3.77. The molecule has 2 heterocycles. The van der Waals surface area contributed by atoms with Crippen molar-refractivity contribution >= 4 is 0 Å². The highest BCUT2D eigenvalue weighted by Gasteiger charge is 2.33. The topological polar surface area (TPSA) is 56.5 Å². The fraction of sp³-hybridized carbons (Fsp3) is 0.400. The number of ether oxygens (including phenoxy) is 2. The summed E-state index contributed by atoms with van der Waals surface area (Å²) in [5.41, 5.74) is 2.08. The van der Waals surface area contributed by atoms with Crippen molar-refractivity contribution in [1.82, 2.24) is 9.78 Å². The lowest BCUT2D eigenvalue weighted by molar-refractivity contribution is 0.0637. The van der Waals surface area contributed by atoms with Crippen molar-refractivity contribution in [2.24, 2.45) is 7.05 Å². The van der Waals surface area contributed by atoms with Crippen molar-refractivity contribution in [3.63, 3.8) is 0 Å². The highest BCUT2D eigenvalue weighted by molar-refractivity contribution is 5.41. The van der Waals surface area contributed by atoms with Crippen LogP contribution >= 0.6 is 0 Å². The van der Waals surface area contributed by atoms with E-state index in [1.807, 2.05) is 6.92 Å². The van der Waals surface area contributed by atoms with Gasteiger partial charge in [0.25, 0.3) is 0 Å². The predicted molar refractivity (Wildman–Crippen MR) is 73.8 cm³/mol. The molecule has 5 nitrogen and oxygen atoms in total. The first-order valence-corrected chi connectivity index (χ1v) is 6.73. The van der Waals surface area contributed by atoms with E-state index in [-0.39, 0.29) is 11.9 Å². The van der Waals surface area contributed by atoms with Crippen LogP contribution in [0.15, 0.2) is 18.2 Å². The molecule has 0 radical (unpaired) electrons. The van der Waals surface area contributed by atoms with Gasteiger partial charge in [-0.05, 0) is 25.1 Å². The number of methoxy groups -OCH3 is 1. The number of hydrogen-bond acceptors (Lipinski definition) is 4. The second-order valence-corrected chi connectivity index (χ2v) is 5.17. The number of hydrogen-bond donors (Lipinski definition) is 1. The van der Waals surface area contributed by atoms with Gasteiger partial charge in [0.2, 0.25) is 5.88 Å². The Morgan fingerprint density at radius 2 is 2.24 bits per heavy atom. The van der Waals surface area contributed by atoms with Crippen molar-refractivity contribution in [1.29, 1.82) is 0 Å². The Morgan fingerprint density at radius 1 is 1.48 bits per heavy atom. The molecule has 21 heavy (non-hydrogen) atoms. The van der Waals surface area contributed by atoms with Gasteiger partial charge in [0.1, 0.15) is 17.7 Å². The zero-order valence-corrected chi connectivity index (χ0v) is 12.1. The number of rotatable bonds is 2. The molecule has 1 unspecified atom stereocenters. The second kappa shape index (κ2) is 5.04. The van der Waals surface area contributed by atoms with E-state index in [0.29, 0.717) is 23.6 Å². The van der Waals surface area contributed by atoms with Crippen LogP contribution in [0.5, 0.6) is 11.6 Å². The fourth-order valence-corrected chi connectivity index (χ4v) is 2.86. The van der Waals surface area contributed by atoms with Gasteiger partial charge >= 0.3 is 0 Å². The maximum absolute atomic E-state index is 13.3. The first-order valence-electron chi connectivity index (χ1n) is 6.73. The van der Waals surface area contributed by atoms with Crippen molar-refractivity contribution in [2.45, 2.75) is 25.6 Å². The highest BCUT2D eigenvalue weighted by atomic mass is 19.1. The van der Waals surface area contributed by atoms with Crippen LogP contribution in [0, 0.1) is 12.7 Å². The number of halogens is 1. The summed E-state index contributed by atoms with van der Waals surface area (Å²) in [5, 5.41) is 14.6. The molecular formula is C15H17FN2O3. The van der Waals surface area contributed by atoms with E-state index in [4.69, 9.17) is 9.47 Å². The average Bonchev–Trinajstić information content (AvgIpc) is 2.73. The van der Waals surface area contributed by atoms with Crippen LogP contribution in [-0.2, 0) is 7.05 Å². The van der Waals surface area contributed by atoms with E-state index in [9.17, 15) is 9.50 Å². The first kappa shape index (κ1) is 13.9. The lowest BCUT2D eigenvalue weighted by Gasteiger charge is -2.29. The lowest BCUT2D eigenvalue weighted by atomic mass is 9.95. The molecule has 0 saturated heterocycles. The number of aliphatic hydroxyl groups is 1. The predicted octanol–water partition coefficient (Wildman–Crippen LogP) is 2.43. The molecular weight excluding hydrogens is 275 g/mol. The van der Waals surface area contributed by atoms with Gasteiger partial charge in [-0.2, -0.15) is 5.10 Å². The number of fused-ring (bicyclic) bond motifs is 1. The van der Waals surface area contributed by atoms with Gasteiger partial charge in [0, 0.05) is 19.0 Å². The maximum Gasteiger partial charge on any atom is 0.218 e. The lowest BCUT2D eigenvalue weighted by Crippen LogP contribution is -2.20. The normalized spacial score (nSPS) is 20.8. The van der Waals surface area contributed by atoms with E-state index in [0.717, 1.165) is 11.3 Å². The third kappa shape index (κ3) is 2.25. The molecule has 1 aliphatic heterocycles. The number of benzene rings is 1. The van der Waals surface area contributed by atoms with Gasteiger partial charge in [-0.1, -0.05) is 0 Å². The zero-order valence-electron chi connectivity index (χ0n) is 12.1. The van der Waals surface area contributed by atoms with Gasteiger partial charge in [-0.3, -0.25) is 0 Å². The number of aliphatic hydroxyl groups excluding tert-OH is 1. The van der Waals surface area contributed by atoms with Crippen LogP contribution in [-0.4, -0.2) is 22.0 Å². The van der Waals surface area contributed by atoms with Crippen LogP contribution in [0.3, 0.4) is 0 Å². The molecule has 0 amide bonds. The Hall–Kier alpha value is -2.08. The SMILES string of the molecule is COc1c(C2C[C@@H](O)c3cc(F)ccc3O2)c(C)nn1C. The molecule has 112 valence electrons. The summed E-state index contributed by atoms with van der Waals surface area (Å²) in [6, 6.07) is 4.17. The Labute approximate surface area is 121 Å². The van der Waals surface area contributed by atoms with Gasteiger partial charge in [-0.25, -0.2) is 9.07 Å². The van der Waals surface area contributed by atoms with Crippen LogP contribution in [0.2, 0.25) is 0 Å². The maximum atomic E-state index is 13.3. The quantitative estimate of drug-likeness (QED) is 0.923. The summed E-state index contributed by atoms with van der Waals surface area (Å²) >= 11 is 0. The van der Waals surface area contributed by atoms with Crippen LogP contribution in [0.1, 0.15) is 35.4 Å². The van der Waals surface area contributed by atoms with Crippen molar-refractivity contribution in [2.75, 3.05) is 7.11 Å². The Kier molecular flexibility index (Phi) is 3.33. The summed E-state index contributed by atoms with van der Waals surface area (Å²) in [5.74, 6) is 0.714. The standard InChI is InChI=1S/C15H17FN2O3/c1-8-14(15(20-3)18(2)17-8)13-7-11(19)10-6-9(16)4-5-12(10)21-13/h4-6,11,13,19H,7H2,1-3H3/t11-,13?/m1/s1. The number of aromatic nitrogens is 2. The van der Waals surface area contributed by atoms with Crippen molar-refractivity contribution < 1.29 is 19.0 Å². The Balaban J connectivity index is 2.02. The molecule has 3 rings (SSSR count). The van der Waals surface area contributed by atoms with Crippen LogP contribution in [0.25, 0.3) is 0 Å². The molecule has 0 fully saturated rings. The van der Waals surface area contributed by atoms with Gasteiger partial charge in [-0.15, -0.1) is 0 Å². The summed E-state index contributed by atoms with van der Waals surface area (Å²) in [7, 11) is 3.36. The molecule has 0 saturated carbocycles. The molecule has 0 aliphatic carbocycles. The van der Waals surface area contributed by atoms with E-state index in [2.05, 4.69) is 5.10 Å². The molecule has 0 spiro atoms. The smallest absolute Gasteiger partial charge is 0.218 e. The molecule has 1 aromatic heterocycles. The van der Waals surface area contributed by atoms with E-state index in [1.54, 1.807) is 18.8 Å².